The van der Waals surface area contributed by atoms with Crippen molar-refractivity contribution in [2.75, 3.05) is 19.7 Å². The van der Waals surface area contributed by atoms with Crippen molar-refractivity contribution >= 4 is 8.25 Å². The average molecular weight is 208 g/mol. The van der Waals surface area contributed by atoms with Gasteiger partial charge in [0.2, 0.25) is 0 Å². The zero-order chi connectivity index (χ0) is 10.1. The zero-order valence-electron chi connectivity index (χ0n) is 8.65. The number of hydrogen-bond donors (Lipinski definition) is 0. The van der Waals surface area contributed by atoms with Crippen molar-refractivity contribution in [3.05, 3.63) is 0 Å². The van der Waals surface area contributed by atoms with E-state index in [0.29, 0.717) is 19.7 Å². The number of nitrogens with zero attached hydrogens (tertiary/aromatic N) is 1. The monoisotopic (exact) mass is 208 g/mol. The summed E-state index contributed by atoms with van der Waals surface area (Å²) in [7, 11) is -1.97. The Labute approximate surface area is 81.1 Å². The highest BCUT2D eigenvalue weighted by molar-refractivity contribution is 7.33. The van der Waals surface area contributed by atoms with E-state index in [1.165, 1.54) is 0 Å². The van der Waals surface area contributed by atoms with Crippen LogP contribution < -0.4 is 0 Å². The minimum absolute atomic E-state index is 0.507. The maximum Gasteiger partial charge on any atom is 0.716 e. The van der Waals surface area contributed by atoms with Crippen molar-refractivity contribution < 1.29 is 13.7 Å². The SMILES string of the molecule is CCCCO[P+](=O)ON(CC)CC. The normalized spacial score (nSPS) is 12.2. The Hall–Kier alpha value is -0.0200. The summed E-state index contributed by atoms with van der Waals surface area (Å²) in [5, 5.41) is 1.62. The molecule has 0 bridgehead atoms. The van der Waals surface area contributed by atoms with Crippen LogP contribution in [0, 0.1) is 0 Å². The molecule has 0 aromatic heterocycles. The number of hydroxylamine groups is 2. The maximum atomic E-state index is 11.1. The molecule has 0 amide bonds. The van der Waals surface area contributed by atoms with Crippen molar-refractivity contribution in [1.82, 2.24) is 5.06 Å². The second-order valence-corrected chi connectivity index (χ2v) is 3.48. The van der Waals surface area contributed by atoms with Crippen LogP contribution >= 0.6 is 8.25 Å². The molecule has 0 spiro atoms. The molecular formula is C8H19NO3P+. The fraction of sp³-hybridized carbons (Fsp3) is 1.00. The second-order valence-electron chi connectivity index (χ2n) is 2.61. The van der Waals surface area contributed by atoms with Gasteiger partial charge in [-0.1, -0.05) is 13.3 Å². The molecule has 0 radical (unpaired) electrons. The highest BCUT2D eigenvalue weighted by Crippen LogP contribution is 2.25. The van der Waals surface area contributed by atoms with Gasteiger partial charge in [-0.2, -0.15) is 0 Å². The summed E-state index contributed by atoms with van der Waals surface area (Å²) in [5.41, 5.74) is 0. The van der Waals surface area contributed by atoms with Crippen molar-refractivity contribution in [3.63, 3.8) is 0 Å². The number of unbranched alkanes of at least 4 members (excludes halogenated alkanes) is 1. The molecule has 0 rings (SSSR count). The first-order valence-electron chi connectivity index (χ1n) is 4.77. The molecule has 0 fully saturated rings. The van der Waals surface area contributed by atoms with Crippen LogP contribution in [-0.2, 0) is 13.7 Å². The van der Waals surface area contributed by atoms with Crippen molar-refractivity contribution in [1.29, 1.82) is 0 Å². The maximum absolute atomic E-state index is 11.1. The third kappa shape index (κ3) is 7.08. The molecule has 0 saturated heterocycles. The van der Waals surface area contributed by atoms with E-state index < -0.39 is 8.25 Å². The van der Waals surface area contributed by atoms with Crippen LogP contribution in [0.4, 0.5) is 0 Å². The van der Waals surface area contributed by atoms with Crippen LogP contribution in [0.3, 0.4) is 0 Å². The van der Waals surface area contributed by atoms with E-state index in [1.807, 2.05) is 13.8 Å². The van der Waals surface area contributed by atoms with Gasteiger partial charge in [-0.3, -0.25) is 0 Å². The molecule has 0 aliphatic heterocycles. The lowest BCUT2D eigenvalue weighted by molar-refractivity contribution is -0.0548. The Balaban J connectivity index is 3.48. The molecule has 0 N–H and O–H groups in total. The molecule has 13 heavy (non-hydrogen) atoms. The minimum Gasteiger partial charge on any atom is -0.137 e. The van der Waals surface area contributed by atoms with E-state index in [9.17, 15) is 4.57 Å². The van der Waals surface area contributed by atoms with Crippen molar-refractivity contribution in [2.24, 2.45) is 0 Å². The van der Waals surface area contributed by atoms with E-state index >= 15 is 0 Å². The summed E-state index contributed by atoms with van der Waals surface area (Å²) in [6, 6.07) is 0. The van der Waals surface area contributed by atoms with Crippen LogP contribution in [-0.4, -0.2) is 24.8 Å². The summed E-state index contributed by atoms with van der Waals surface area (Å²) in [5.74, 6) is 0. The van der Waals surface area contributed by atoms with Gasteiger partial charge in [-0.25, -0.2) is 0 Å². The van der Waals surface area contributed by atoms with E-state index in [-0.39, 0.29) is 0 Å². The van der Waals surface area contributed by atoms with Gasteiger partial charge in [0.15, 0.2) is 0 Å². The molecule has 4 nitrogen and oxygen atoms in total. The Bertz CT molecular complexity index is 139. The highest BCUT2D eigenvalue weighted by atomic mass is 31.1. The standard InChI is InChI=1S/C8H19NO3P/c1-4-7-8-11-13(10)12-9(5-2)6-3/h4-8H2,1-3H3/q+1. The summed E-state index contributed by atoms with van der Waals surface area (Å²) >= 11 is 0. The molecule has 0 heterocycles. The van der Waals surface area contributed by atoms with Crippen LogP contribution in [0.15, 0.2) is 0 Å². The Morgan fingerprint density at radius 1 is 1.23 bits per heavy atom. The summed E-state index contributed by atoms with van der Waals surface area (Å²) < 4.78 is 21.1. The molecule has 1 atom stereocenters. The minimum atomic E-state index is -1.97. The lowest BCUT2D eigenvalue weighted by Gasteiger charge is -2.07. The van der Waals surface area contributed by atoms with Gasteiger partial charge in [0.25, 0.3) is 0 Å². The molecule has 78 valence electrons. The van der Waals surface area contributed by atoms with E-state index in [2.05, 4.69) is 6.92 Å². The molecule has 1 unspecified atom stereocenters. The molecule has 5 heteroatoms. The lowest BCUT2D eigenvalue weighted by Crippen LogP contribution is -2.20. The molecule has 0 aromatic rings. The average Bonchev–Trinajstić information content (AvgIpc) is 2.14. The van der Waals surface area contributed by atoms with Crippen LogP contribution in [0.25, 0.3) is 0 Å². The zero-order valence-corrected chi connectivity index (χ0v) is 9.55. The fourth-order valence-corrected chi connectivity index (χ4v) is 1.49. The van der Waals surface area contributed by atoms with Gasteiger partial charge in [0.05, 0.1) is 0 Å². The molecule has 0 aromatic carbocycles. The quantitative estimate of drug-likeness (QED) is 0.349. The summed E-state index contributed by atoms with van der Waals surface area (Å²) in [4.78, 5) is 0. The van der Waals surface area contributed by atoms with Crippen LogP contribution in [0.2, 0.25) is 0 Å². The first-order valence-corrected chi connectivity index (χ1v) is 5.87. The predicted molar refractivity (Wildman–Crippen MR) is 52.5 cm³/mol. The van der Waals surface area contributed by atoms with Gasteiger partial charge in [0.1, 0.15) is 6.61 Å². The predicted octanol–water partition coefficient (Wildman–Crippen LogP) is 2.73. The smallest absolute Gasteiger partial charge is 0.137 e. The Morgan fingerprint density at radius 3 is 2.31 bits per heavy atom. The van der Waals surface area contributed by atoms with Gasteiger partial charge in [-0.15, -0.1) is 9.59 Å². The van der Waals surface area contributed by atoms with Crippen LogP contribution in [0.1, 0.15) is 33.6 Å². The molecule has 0 aliphatic carbocycles. The Kier molecular flexibility index (Phi) is 8.56. The van der Waals surface area contributed by atoms with E-state index in [4.69, 9.17) is 9.15 Å². The fourth-order valence-electron chi connectivity index (χ4n) is 0.740. The van der Waals surface area contributed by atoms with Gasteiger partial charge in [0, 0.05) is 17.7 Å². The van der Waals surface area contributed by atoms with E-state index in [1.54, 1.807) is 5.06 Å². The van der Waals surface area contributed by atoms with Crippen molar-refractivity contribution in [3.8, 4) is 0 Å². The lowest BCUT2D eigenvalue weighted by atomic mass is 10.4. The van der Waals surface area contributed by atoms with Crippen LogP contribution in [0.5, 0.6) is 0 Å². The largest absolute Gasteiger partial charge is 0.716 e. The second kappa shape index (κ2) is 8.57. The first kappa shape index (κ1) is 13.0. The van der Waals surface area contributed by atoms with Crippen molar-refractivity contribution in [2.45, 2.75) is 33.6 Å². The number of hydrogen-bond acceptors (Lipinski definition) is 4. The molecule has 0 saturated carbocycles. The molecular weight excluding hydrogens is 189 g/mol. The first-order chi connectivity index (χ1) is 6.24. The van der Waals surface area contributed by atoms with Gasteiger partial charge >= 0.3 is 8.25 Å². The van der Waals surface area contributed by atoms with Gasteiger partial charge in [-0.05, 0) is 24.9 Å². The topological polar surface area (TPSA) is 38.8 Å². The molecule has 0 aliphatic rings. The summed E-state index contributed by atoms with van der Waals surface area (Å²) in [6.45, 7) is 7.88. The summed E-state index contributed by atoms with van der Waals surface area (Å²) in [6.07, 6.45) is 1.96. The highest BCUT2D eigenvalue weighted by Gasteiger charge is 2.23. The van der Waals surface area contributed by atoms with Gasteiger partial charge < -0.3 is 0 Å². The third-order valence-corrected chi connectivity index (χ3v) is 2.34. The Morgan fingerprint density at radius 2 is 1.85 bits per heavy atom. The number of rotatable bonds is 8. The van der Waals surface area contributed by atoms with E-state index in [0.717, 1.165) is 12.8 Å². The third-order valence-electron chi connectivity index (χ3n) is 1.58.